The molecule has 0 bridgehead atoms. The van der Waals surface area contributed by atoms with Crippen LogP contribution in [0.2, 0.25) is 0 Å². The number of fused-ring (bicyclic) bond motifs is 1. The molecule has 1 aliphatic rings. The third kappa shape index (κ3) is 3.80. The van der Waals surface area contributed by atoms with Gasteiger partial charge in [-0.15, -0.1) is 0 Å². The number of benzene rings is 2. The minimum atomic E-state index is 0.653. The lowest BCUT2D eigenvalue weighted by Gasteiger charge is -2.28. The average molecular weight is 333 g/mol. The summed E-state index contributed by atoms with van der Waals surface area (Å²) >= 11 is 0. The summed E-state index contributed by atoms with van der Waals surface area (Å²) in [4.78, 5) is 11.6. The Labute approximate surface area is 148 Å². The van der Waals surface area contributed by atoms with Crippen molar-refractivity contribution in [2.45, 2.75) is 12.8 Å². The van der Waals surface area contributed by atoms with Crippen molar-refractivity contribution in [2.24, 2.45) is 5.92 Å². The summed E-state index contributed by atoms with van der Waals surface area (Å²) < 4.78 is 6.06. The molecule has 1 aliphatic heterocycles. The van der Waals surface area contributed by atoms with Gasteiger partial charge in [-0.3, -0.25) is 4.98 Å². The number of ether oxygens (including phenoxy) is 1. The molecular formula is C21H23N3O. The van der Waals surface area contributed by atoms with Crippen LogP contribution < -0.4 is 4.74 Å². The summed E-state index contributed by atoms with van der Waals surface area (Å²) in [5.41, 5.74) is 3.75. The van der Waals surface area contributed by atoms with E-state index in [-0.39, 0.29) is 0 Å². The van der Waals surface area contributed by atoms with Crippen molar-refractivity contribution in [3.63, 3.8) is 0 Å². The first kappa shape index (κ1) is 16.0. The Kier molecular flexibility index (Phi) is 4.61. The molecule has 0 radical (unpaired) electrons. The lowest BCUT2D eigenvalue weighted by atomic mass is 9.98. The molecule has 128 valence electrons. The van der Waals surface area contributed by atoms with Crippen LogP contribution >= 0.6 is 0 Å². The third-order valence-corrected chi connectivity index (χ3v) is 4.90. The molecule has 2 heterocycles. The van der Waals surface area contributed by atoms with E-state index in [1.165, 1.54) is 25.9 Å². The van der Waals surface area contributed by atoms with Crippen molar-refractivity contribution < 1.29 is 4.74 Å². The van der Waals surface area contributed by atoms with E-state index < -0.39 is 0 Å². The molecule has 0 spiro atoms. The van der Waals surface area contributed by atoms with Crippen molar-refractivity contribution in [2.75, 3.05) is 26.7 Å². The highest BCUT2D eigenvalue weighted by Gasteiger charge is 2.17. The lowest BCUT2D eigenvalue weighted by molar-refractivity contribution is 0.160. The number of hydrogen-bond acceptors (Lipinski definition) is 4. The Bertz CT molecular complexity index is 856. The van der Waals surface area contributed by atoms with Gasteiger partial charge in [0.15, 0.2) is 0 Å². The highest BCUT2D eigenvalue weighted by atomic mass is 16.5. The van der Waals surface area contributed by atoms with Gasteiger partial charge >= 0.3 is 0 Å². The van der Waals surface area contributed by atoms with E-state index in [2.05, 4.69) is 29.1 Å². The van der Waals surface area contributed by atoms with Crippen LogP contribution in [0, 0.1) is 5.92 Å². The first-order valence-corrected chi connectivity index (χ1v) is 8.91. The minimum absolute atomic E-state index is 0.653. The molecule has 0 unspecified atom stereocenters. The molecule has 1 saturated heterocycles. The fourth-order valence-corrected chi connectivity index (χ4v) is 3.28. The van der Waals surface area contributed by atoms with Crippen LogP contribution in [0.4, 0.5) is 0 Å². The number of aromatic nitrogens is 2. The zero-order valence-corrected chi connectivity index (χ0v) is 14.6. The van der Waals surface area contributed by atoms with E-state index in [0.717, 1.165) is 34.6 Å². The van der Waals surface area contributed by atoms with E-state index >= 15 is 0 Å². The normalized spacial score (nSPS) is 16.2. The summed E-state index contributed by atoms with van der Waals surface area (Å²) in [6.45, 7) is 3.13. The molecular weight excluding hydrogens is 310 g/mol. The Morgan fingerprint density at radius 1 is 1.04 bits per heavy atom. The molecule has 0 saturated carbocycles. The van der Waals surface area contributed by atoms with Crippen LogP contribution in [0.1, 0.15) is 12.8 Å². The molecule has 0 aliphatic carbocycles. The fourth-order valence-electron chi connectivity index (χ4n) is 3.28. The molecule has 4 nitrogen and oxygen atoms in total. The Hall–Kier alpha value is -2.46. The van der Waals surface area contributed by atoms with Crippen LogP contribution in [0.5, 0.6) is 5.75 Å². The largest absolute Gasteiger partial charge is 0.493 e. The van der Waals surface area contributed by atoms with Crippen LogP contribution in [-0.2, 0) is 0 Å². The second-order valence-electron chi connectivity index (χ2n) is 6.83. The van der Waals surface area contributed by atoms with E-state index in [1.807, 2.05) is 42.6 Å². The molecule has 0 N–H and O–H groups in total. The van der Waals surface area contributed by atoms with Crippen molar-refractivity contribution in [1.29, 1.82) is 0 Å². The van der Waals surface area contributed by atoms with Gasteiger partial charge in [-0.1, -0.05) is 24.3 Å². The van der Waals surface area contributed by atoms with E-state index in [4.69, 9.17) is 9.72 Å². The summed E-state index contributed by atoms with van der Waals surface area (Å²) in [5.74, 6) is 1.56. The molecule has 4 heteroatoms. The smallest absolute Gasteiger partial charge is 0.119 e. The van der Waals surface area contributed by atoms with Gasteiger partial charge in [-0.2, -0.15) is 0 Å². The lowest BCUT2D eigenvalue weighted by Crippen LogP contribution is -2.32. The van der Waals surface area contributed by atoms with Gasteiger partial charge in [-0.05, 0) is 63.2 Å². The SMILES string of the molecule is CN1CCC(COc2cccc(-c3cnc4ccccc4n3)c2)CC1. The van der Waals surface area contributed by atoms with Gasteiger partial charge in [0.1, 0.15) is 5.75 Å². The van der Waals surface area contributed by atoms with Gasteiger partial charge in [0, 0.05) is 5.56 Å². The maximum absolute atomic E-state index is 6.06. The number of para-hydroxylation sites is 2. The van der Waals surface area contributed by atoms with E-state index in [0.29, 0.717) is 5.92 Å². The number of piperidine rings is 1. The number of nitrogens with zero attached hydrogens (tertiary/aromatic N) is 3. The highest BCUT2D eigenvalue weighted by molar-refractivity contribution is 5.77. The minimum Gasteiger partial charge on any atom is -0.493 e. The van der Waals surface area contributed by atoms with Gasteiger partial charge in [0.05, 0.1) is 29.5 Å². The third-order valence-electron chi connectivity index (χ3n) is 4.90. The van der Waals surface area contributed by atoms with Gasteiger partial charge in [0.2, 0.25) is 0 Å². The first-order valence-electron chi connectivity index (χ1n) is 8.91. The molecule has 1 fully saturated rings. The number of likely N-dealkylation sites (tertiary alicyclic amines) is 1. The van der Waals surface area contributed by atoms with Crippen molar-refractivity contribution in [3.8, 4) is 17.0 Å². The van der Waals surface area contributed by atoms with Gasteiger partial charge < -0.3 is 9.64 Å². The van der Waals surface area contributed by atoms with Crippen molar-refractivity contribution in [1.82, 2.24) is 14.9 Å². The zero-order chi connectivity index (χ0) is 17.1. The average Bonchev–Trinajstić information content (AvgIpc) is 2.67. The van der Waals surface area contributed by atoms with Crippen molar-refractivity contribution >= 4 is 11.0 Å². The summed E-state index contributed by atoms with van der Waals surface area (Å²) in [7, 11) is 2.19. The molecule has 2 aromatic carbocycles. The summed E-state index contributed by atoms with van der Waals surface area (Å²) in [6, 6.07) is 16.1. The van der Waals surface area contributed by atoms with Gasteiger partial charge in [0.25, 0.3) is 0 Å². The van der Waals surface area contributed by atoms with Crippen LogP contribution in [0.3, 0.4) is 0 Å². The molecule has 4 rings (SSSR count). The second-order valence-corrected chi connectivity index (χ2v) is 6.83. The van der Waals surface area contributed by atoms with Crippen LogP contribution in [-0.4, -0.2) is 41.6 Å². The Morgan fingerprint density at radius 2 is 1.84 bits per heavy atom. The summed E-state index contributed by atoms with van der Waals surface area (Å²) in [5, 5.41) is 0. The Morgan fingerprint density at radius 3 is 2.68 bits per heavy atom. The molecule has 3 aromatic rings. The number of rotatable bonds is 4. The molecule has 25 heavy (non-hydrogen) atoms. The molecule has 1 aromatic heterocycles. The van der Waals surface area contributed by atoms with E-state index in [1.54, 1.807) is 0 Å². The zero-order valence-electron chi connectivity index (χ0n) is 14.6. The topological polar surface area (TPSA) is 38.2 Å². The van der Waals surface area contributed by atoms with E-state index in [9.17, 15) is 0 Å². The Balaban J connectivity index is 1.48. The monoisotopic (exact) mass is 333 g/mol. The van der Waals surface area contributed by atoms with Crippen LogP contribution in [0.25, 0.3) is 22.3 Å². The fraction of sp³-hybridized carbons (Fsp3) is 0.333. The second kappa shape index (κ2) is 7.19. The maximum atomic E-state index is 6.06. The summed E-state index contributed by atoms with van der Waals surface area (Å²) in [6.07, 6.45) is 4.26. The highest BCUT2D eigenvalue weighted by Crippen LogP contribution is 2.25. The number of hydrogen-bond donors (Lipinski definition) is 0. The quantitative estimate of drug-likeness (QED) is 0.723. The van der Waals surface area contributed by atoms with Crippen LogP contribution in [0.15, 0.2) is 54.7 Å². The molecule has 0 amide bonds. The standard InChI is InChI=1S/C21H23N3O/c1-24-11-9-16(10-12-24)15-25-18-6-4-5-17(13-18)21-14-22-19-7-2-3-8-20(19)23-21/h2-8,13-14,16H,9-12,15H2,1H3. The predicted octanol–water partition coefficient (Wildman–Crippen LogP) is 4.02. The van der Waals surface area contributed by atoms with Gasteiger partial charge in [-0.25, -0.2) is 4.98 Å². The first-order chi connectivity index (χ1) is 12.3. The molecule has 0 atom stereocenters. The maximum Gasteiger partial charge on any atom is 0.119 e. The predicted molar refractivity (Wildman–Crippen MR) is 101 cm³/mol. The van der Waals surface area contributed by atoms with Crippen molar-refractivity contribution in [3.05, 3.63) is 54.7 Å².